The van der Waals surface area contributed by atoms with Crippen molar-refractivity contribution in [1.29, 1.82) is 0 Å². The number of aryl methyl sites for hydroxylation is 1. The van der Waals surface area contributed by atoms with Crippen LogP contribution in [0.4, 0.5) is 18.9 Å². The second-order valence-electron chi connectivity index (χ2n) is 6.48. The lowest BCUT2D eigenvalue weighted by Gasteiger charge is -2.17. The van der Waals surface area contributed by atoms with Crippen LogP contribution < -0.4 is 10.2 Å². The van der Waals surface area contributed by atoms with Gasteiger partial charge in [0.15, 0.2) is 17.5 Å². The summed E-state index contributed by atoms with van der Waals surface area (Å²) in [6.07, 6.45) is 1.47. The highest BCUT2D eigenvalue weighted by Crippen LogP contribution is 2.29. The van der Waals surface area contributed by atoms with Crippen molar-refractivity contribution in [2.45, 2.75) is 19.3 Å². The zero-order chi connectivity index (χ0) is 19.4. The molecule has 1 N–H and O–H groups in total. The highest BCUT2D eigenvalue weighted by Gasteiger charge is 2.36. The summed E-state index contributed by atoms with van der Waals surface area (Å²) >= 11 is 0. The fourth-order valence-electron chi connectivity index (χ4n) is 3.13. The Balaban J connectivity index is 1.54. The first kappa shape index (κ1) is 18.9. The lowest BCUT2D eigenvalue weighted by atomic mass is 10.1. The van der Waals surface area contributed by atoms with Crippen LogP contribution in [0.15, 0.2) is 42.5 Å². The molecule has 1 heterocycles. The predicted octanol–water partition coefficient (Wildman–Crippen LogP) is 3.21. The van der Waals surface area contributed by atoms with Gasteiger partial charge in [-0.25, -0.2) is 13.2 Å². The predicted molar refractivity (Wildman–Crippen MR) is 94.5 cm³/mol. The lowest BCUT2D eigenvalue weighted by molar-refractivity contribution is -0.126. The maximum atomic E-state index is 13.9. The van der Waals surface area contributed by atoms with Crippen LogP contribution in [0.1, 0.15) is 18.4 Å². The fourth-order valence-corrected chi connectivity index (χ4v) is 3.13. The number of halogens is 3. The first-order valence-electron chi connectivity index (χ1n) is 8.73. The lowest BCUT2D eigenvalue weighted by Crippen LogP contribution is -2.34. The van der Waals surface area contributed by atoms with Gasteiger partial charge in [0.05, 0.1) is 11.6 Å². The SMILES string of the molecule is O=C(NCCCc1ccccc1)C1CC(=O)N(c2ccc(F)c(F)c2F)C1. The second kappa shape index (κ2) is 8.24. The minimum absolute atomic E-state index is 0.0641. The van der Waals surface area contributed by atoms with Crippen LogP contribution >= 0.6 is 0 Å². The molecule has 0 spiro atoms. The topological polar surface area (TPSA) is 49.4 Å². The molecule has 7 heteroatoms. The van der Waals surface area contributed by atoms with Crippen LogP contribution in [0.5, 0.6) is 0 Å². The van der Waals surface area contributed by atoms with Gasteiger partial charge < -0.3 is 10.2 Å². The van der Waals surface area contributed by atoms with Crippen molar-refractivity contribution in [1.82, 2.24) is 5.32 Å². The monoisotopic (exact) mass is 376 g/mol. The van der Waals surface area contributed by atoms with Crippen LogP contribution in [-0.2, 0) is 16.0 Å². The molecule has 1 aliphatic rings. The Kier molecular flexibility index (Phi) is 5.78. The molecule has 0 bridgehead atoms. The number of rotatable bonds is 6. The number of benzene rings is 2. The fraction of sp³-hybridized carbons (Fsp3) is 0.300. The third kappa shape index (κ3) is 4.30. The zero-order valence-corrected chi connectivity index (χ0v) is 14.6. The molecule has 2 amide bonds. The molecule has 3 rings (SSSR count). The van der Waals surface area contributed by atoms with E-state index in [-0.39, 0.29) is 24.6 Å². The summed E-state index contributed by atoms with van der Waals surface area (Å²) in [5, 5.41) is 2.78. The van der Waals surface area contributed by atoms with E-state index in [0.29, 0.717) is 6.54 Å². The first-order chi connectivity index (χ1) is 13.0. The molecule has 142 valence electrons. The van der Waals surface area contributed by atoms with Gasteiger partial charge in [0.1, 0.15) is 0 Å². The van der Waals surface area contributed by atoms with E-state index in [9.17, 15) is 22.8 Å². The van der Waals surface area contributed by atoms with Gasteiger partial charge in [0, 0.05) is 19.5 Å². The van der Waals surface area contributed by atoms with E-state index in [4.69, 9.17) is 0 Å². The molecule has 1 atom stereocenters. The number of carbonyl (C=O) groups excluding carboxylic acids is 2. The van der Waals surface area contributed by atoms with E-state index in [0.717, 1.165) is 29.9 Å². The van der Waals surface area contributed by atoms with E-state index in [1.807, 2.05) is 30.3 Å². The Labute approximate surface area is 155 Å². The number of hydrogen-bond acceptors (Lipinski definition) is 2. The van der Waals surface area contributed by atoms with Crippen LogP contribution in [-0.4, -0.2) is 24.9 Å². The smallest absolute Gasteiger partial charge is 0.227 e. The molecule has 2 aromatic rings. The quantitative estimate of drug-likeness (QED) is 0.622. The van der Waals surface area contributed by atoms with Crippen molar-refractivity contribution < 1.29 is 22.8 Å². The number of nitrogens with zero attached hydrogens (tertiary/aromatic N) is 1. The number of carbonyl (C=O) groups is 2. The van der Waals surface area contributed by atoms with Gasteiger partial charge >= 0.3 is 0 Å². The molecule has 27 heavy (non-hydrogen) atoms. The molecule has 2 aromatic carbocycles. The minimum Gasteiger partial charge on any atom is -0.356 e. The highest BCUT2D eigenvalue weighted by molar-refractivity contribution is 6.00. The first-order valence-corrected chi connectivity index (χ1v) is 8.73. The van der Waals surface area contributed by atoms with Crippen LogP contribution in [0.3, 0.4) is 0 Å². The standard InChI is InChI=1S/C20H19F3N2O2/c21-15-8-9-16(19(23)18(15)22)25-12-14(11-17(25)26)20(27)24-10-4-7-13-5-2-1-3-6-13/h1-3,5-6,8-9,14H,4,7,10-12H2,(H,24,27). The molecular weight excluding hydrogens is 357 g/mol. The Morgan fingerprint density at radius 2 is 1.81 bits per heavy atom. The van der Waals surface area contributed by atoms with Gasteiger partial charge in [-0.2, -0.15) is 0 Å². The molecule has 4 nitrogen and oxygen atoms in total. The third-order valence-electron chi connectivity index (χ3n) is 4.59. The molecular formula is C20H19F3N2O2. The van der Waals surface area contributed by atoms with Crippen molar-refractivity contribution in [3.63, 3.8) is 0 Å². The maximum absolute atomic E-state index is 13.9. The summed E-state index contributed by atoms with van der Waals surface area (Å²) < 4.78 is 40.4. The molecule has 1 fully saturated rings. The minimum atomic E-state index is -1.63. The van der Waals surface area contributed by atoms with Gasteiger partial charge in [-0.3, -0.25) is 9.59 Å². The average Bonchev–Trinajstić information content (AvgIpc) is 3.06. The van der Waals surface area contributed by atoms with Crippen molar-refractivity contribution in [2.24, 2.45) is 5.92 Å². The second-order valence-corrected chi connectivity index (χ2v) is 6.48. The summed E-state index contributed by atoms with van der Waals surface area (Å²) in [6.45, 7) is 0.392. The summed E-state index contributed by atoms with van der Waals surface area (Å²) in [5.74, 6) is -5.83. The summed E-state index contributed by atoms with van der Waals surface area (Å²) in [6, 6.07) is 11.6. The molecule has 0 aromatic heterocycles. The van der Waals surface area contributed by atoms with Gasteiger partial charge in [-0.05, 0) is 30.5 Å². The number of hydrogen-bond donors (Lipinski definition) is 1. The van der Waals surface area contributed by atoms with Crippen molar-refractivity contribution >= 4 is 17.5 Å². The Hall–Kier alpha value is -2.83. The maximum Gasteiger partial charge on any atom is 0.227 e. The third-order valence-corrected chi connectivity index (χ3v) is 4.59. The number of amides is 2. The molecule has 0 aliphatic carbocycles. The zero-order valence-electron chi connectivity index (χ0n) is 14.6. The molecule has 1 aliphatic heterocycles. The van der Waals surface area contributed by atoms with E-state index in [1.54, 1.807) is 0 Å². The van der Waals surface area contributed by atoms with Gasteiger partial charge in [0.2, 0.25) is 11.8 Å². The highest BCUT2D eigenvalue weighted by atomic mass is 19.2. The normalized spacial score (nSPS) is 16.6. The van der Waals surface area contributed by atoms with Gasteiger partial charge in [0.25, 0.3) is 0 Å². The van der Waals surface area contributed by atoms with Crippen molar-refractivity contribution in [3.8, 4) is 0 Å². The number of nitrogens with one attached hydrogen (secondary N) is 1. The van der Waals surface area contributed by atoms with E-state index < -0.39 is 29.3 Å². The van der Waals surface area contributed by atoms with Gasteiger partial charge in [-0.15, -0.1) is 0 Å². The number of anilines is 1. The van der Waals surface area contributed by atoms with E-state index in [2.05, 4.69) is 5.32 Å². The van der Waals surface area contributed by atoms with Crippen molar-refractivity contribution in [2.75, 3.05) is 18.0 Å². The Bertz CT molecular complexity index is 843. The van der Waals surface area contributed by atoms with E-state index >= 15 is 0 Å². The molecule has 1 saturated heterocycles. The Morgan fingerprint density at radius 3 is 2.56 bits per heavy atom. The molecule has 1 unspecified atom stereocenters. The van der Waals surface area contributed by atoms with Crippen LogP contribution in [0.2, 0.25) is 0 Å². The molecule has 0 saturated carbocycles. The summed E-state index contributed by atoms with van der Waals surface area (Å²) in [5.41, 5.74) is 0.820. The average molecular weight is 376 g/mol. The molecule has 0 radical (unpaired) electrons. The Morgan fingerprint density at radius 1 is 1.07 bits per heavy atom. The van der Waals surface area contributed by atoms with Crippen molar-refractivity contribution in [3.05, 3.63) is 65.5 Å². The van der Waals surface area contributed by atoms with E-state index in [1.165, 1.54) is 5.56 Å². The van der Waals surface area contributed by atoms with Gasteiger partial charge in [-0.1, -0.05) is 30.3 Å². The largest absolute Gasteiger partial charge is 0.356 e. The van der Waals surface area contributed by atoms with Crippen LogP contribution in [0.25, 0.3) is 0 Å². The summed E-state index contributed by atoms with van der Waals surface area (Å²) in [4.78, 5) is 25.4. The van der Waals surface area contributed by atoms with Crippen LogP contribution in [0, 0.1) is 23.4 Å². The summed E-state index contributed by atoms with van der Waals surface area (Å²) in [7, 11) is 0.